The van der Waals surface area contributed by atoms with E-state index in [1.807, 2.05) is 0 Å². The molecule has 0 heterocycles. The molecule has 0 saturated heterocycles. The van der Waals surface area contributed by atoms with Crippen LogP contribution in [0.5, 0.6) is 0 Å². The Labute approximate surface area is 129 Å². The number of alkyl carbamates (subject to hydrolysis) is 1. The number of hydrogen-bond donors (Lipinski definition) is 2. The van der Waals surface area contributed by atoms with Gasteiger partial charge in [-0.3, -0.25) is 0 Å². The van der Waals surface area contributed by atoms with Crippen LogP contribution < -0.4 is 10.6 Å². The molecule has 2 N–H and O–H groups in total. The Morgan fingerprint density at radius 1 is 1.18 bits per heavy atom. The molecule has 1 unspecified atom stereocenters. The van der Waals surface area contributed by atoms with E-state index in [0.29, 0.717) is 26.0 Å². The lowest BCUT2D eigenvalue weighted by Gasteiger charge is -2.21. The summed E-state index contributed by atoms with van der Waals surface area (Å²) in [5.74, 6) is 0. The SMILES string of the molecule is COCC(CCCNC(=O)OC(C)(C)C)NCCC(F)(F)F. The number of halogens is 3. The second kappa shape index (κ2) is 9.89. The highest BCUT2D eigenvalue weighted by Crippen LogP contribution is 2.18. The number of rotatable bonds is 9. The van der Waals surface area contributed by atoms with Gasteiger partial charge in [0.05, 0.1) is 13.0 Å². The highest BCUT2D eigenvalue weighted by Gasteiger charge is 2.26. The predicted octanol–water partition coefficient (Wildman–Crippen LogP) is 2.85. The monoisotopic (exact) mass is 328 g/mol. The van der Waals surface area contributed by atoms with Crippen molar-refractivity contribution in [2.24, 2.45) is 0 Å². The summed E-state index contributed by atoms with van der Waals surface area (Å²) in [5.41, 5.74) is -0.554. The largest absolute Gasteiger partial charge is 0.444 e. The van der Waals surface area contributed by atoms with Crippen molar-refractivity contribution in [2.45, 2.75) is 57.9 Å². The van der Waals surface area contributed by atoms with Crippen LogP contribution in [0.3, 0.4) is 0 Å². The van der Waals surface area contributed by atoms with Crippen LogP contribution in [0.4, 0.5) is 18.0 Å². The third kappa shape index (κ3) is 13.9. The fourth-order valence-corrected chi connectivity index (χ4v) is 1.72. The van der Waals surface area contributed by atoms with E-state index in [-0.39, 0.29) is 12.6 Å². The zero-order valence-electron chi connectivity index (χ0n) is 13.7. The van der Waals surface area contributed by atoms with E-state index in [2.05, 4.69) is 10.6 Å². The van der Waals surface area contributed by atoms with Crippen molar-refractivity contribution in [3.63, 3.8) is 0 Å². The zero-order valence-corrected chi connectivity index (χ0v) is 13.7. The summed E-state index contributed by atoms with van der Waals surface area (Å²) in [5, 5.41) is 5.42. The molecule has 0 aliphatic carbocycles. The molecule has 0 radical (unpaired) electrons. The first-order valence-electron chi connectivity index (χ1n) is 7.29. The van der Waals surface area contributed by atoms with Gasteiger partial charge < -0.3 is 20.1 Å². The molecular formula is C14H27F3N2O3. The first kappa shape index (κ1) is 21.0. The van der Waals surface area contributed by atoms with E-state index in [1.54, 1.807) is 20.8 Å². The highest BCUT2D eigenvalue weighted by atomic mass is 19.4. The maximum atomic E-state index is 12.1. The molecule has 1 amide bonds. The molecule has 0 spiro atoms. The Hall–Kier alpha value is -1.02. The van der Waals surface area contributed by atoms with Crippen LogP contribution in [-0.4, -0.2) is 50.7 Å². The van der Waals surface area contributed by atoms with Gasteiger partial charge in [-0.25, -0.2) is 4.79 Å². The lowest BCUT2D eigenvalue weighted by Crippen LogP contribution is -2.37. The van der Waals surface area contributed by atoms with Gasteiger partial charge in [0.15, 0.2) is 0 Å². The third-order valence-corrected chi connectivity index (χ3v) is 2.61. The van der Waals surface area contributed by atoms with E-state index >= 15 is 0 Å². The van der Waals surface area contributed by atoms with Crippen LogP contribution in [-0.2, 0) is 9.47 Å². The molecule has 0 bridgehead atoms. The lowest BCUT2D eigenvalue weighted by molar-refractivity contribution is -0.133. The fourth-order valence-electron chi connectivity index (χ4n) is 1.72. The zero-order chi connectivity index (χ0) is 17.2. The van der Waals surface area contributed by atoms with Crippen molar-refractivity contribution in [1.82, 2.24) is 10.6 Å². The third-order valence-electron chi connectivity index (χ3n) is 2.61. The molecule has 22 heavy (non-hydrogen) atoms. The molecule has 1 atom stereocenters. The van der Waals surface area contributed by atoms with Crippen LogP contribution in [0.15, 0.2) is 0 Å². The van der Waals surface area contributed by atoms with E-state index in [9.17, 15) is 18.0 Å². The summed E-state index contributed by atoms with van der Waals surface area (Å²) in [7, 11) is 1.50. The number of methoxy groups -OCH3 is 1. The molecule has 0 saturated carbocycles. The molecule has 8 heteroatoms. The molecule has 0 rings (SSSR count). The minimum Gasteiger partial charge on any atom is -0.444 e. The van der Waals surface area contributed by atoms with Gasteiger partial charge in [-0.2, -0.15) is 13.2 Å². The molecule has 0 fully saturated rings. The van der Waals surface area contributed by atoms with Gasteiger partial charge >= 0.3 is 12.3 Å². The van der Waals surface area contributed by atoms with Crippen molar-refractivity contribution < 1.29 is 27.4 Å². The average Bonchev–Trinajstić information content (AvgIpc) is 2.30. The number of carbonyl (C=O) groups excluding carboxylic acids is 1. The van der Waals surface area contributed by atoms with Crippen LogP contribution in [0.25, 0.3) is 0 Å². The minimum absolute atomic E-state index is 0.142. The van der Waals surface area contributed by atoms with E-state index in [4.69, 9.17) is 9.47 Å². The van der Waals surface area contributed by atoms with Crippen molar-refractivity contribution in [2.75, 3.05) is 26.8 Å². The number of carbonyl (C=O) groups is 1. The van der Waals surface area contributed by atoms with Gasteiger partial charge in [-0.15, -0.1) is 0 Å². The van der Waals surface area contributed by atoms with E-state index in [1.165, 1.54) is 7.11 Å². The van der Waals surface area contributed by atoms with Crippen molar-refractivity contribution >= 4 is 6.09 Å². The van der Waals surface area contributed by atoms with Gasteiger partial charge in [0.25, 0.3) is 0 Å². The Morgan fingerprint density at radius 3 is 2.32 bits per heavy atom. The molecule has 0 aliphatic rings. The van der Waals surface area contributed by atoms with E-state index in [0.717, 1.165) is 0 Å². The Morgan fingerprint density at radius 2 is 1.82 bits per heavy atom. The summed E-state index contributed by atoms with van der Waals surface area (Å²) < 4.78 is 46.3. The summed E-state index contributed by atoms with van der Waals surface area (Å²) in [6.45, 7) is 5.89. The summed E-state index contributed by atoms with van der Waals surface area (Å²) in [4.78, 5) is 11.4. The molecule has 5 nitrogen and oxygen atoms in total. The van der Waals surface area contributed by atoms with Crippen LogP contribution in [0.2, 0.25) is 0 Å². The first-order valence-corrected chi connectivity index (χ1v) is 7.29. The standard InChI is InChI=1S/C14H27F3N2O3/c1-13(2,3)22-12(20)19-8-5-6-11(10-21-4)18-9-7-14(15,16)17/h11,18H,5-10H2,1-4H3,(H,19,20). The topological polar surface area (TPSA) is 59.6 Å². The second-order valence-corrected chi connectivity index (χ2v) is 6.04. The average molecular weight is 328 g/mol. The van der Waals surface area contributed by atoms with Crippen molar-refractivity contribution in [1.29, 1.82) is 0 Å². The second-order valence-electron chi connectivity index (χ2n) is 6.04. The van der Waals surface area contributed by atoms with Gasteiger partial charge in [-0.1, -0.05) is 0 Å². The van der Waals surface area contributed by atoms with E-state index < -0.39 is 24.3 Å². The maximum absolute atomic E-state index is 12.1. The van der Waals surface area contributed by atoms with Crippen molar-refractivity contribution in [3.05, 3.63) is 0 Å². The minimum atomic E-state index is -4.16. The Kier molecular flexibility index (Phi) is 9.43. The number of ether oxygens (including phenoxy) is 2. The molecule has 0 aromatic carbocycles. The number of hydrogen-bond acceptors (Lipinski definition) is 4. The smallest absolute Gasteiger partial charge is 0.407 e. The molecule has 0 aromatic heterocycles. The van der Waals surface area contributed by atoms with Crippen LogP contribution >= 0.6 is 0 Å². The van der Waals surface area contributed by atoms with Gasteiger partial charge in [-0.05, 0) is 33.6 Å². The van der Waals surface area contributed by atoms with Gasteiger partial charge in [0.2, 0.25) is 0 Å². The maximum Gasteiger partial charge on any atom is 0.407 e. The fraction of sp³-hybridized carbons (Fsp3) is 0.929. The molecular weight excluding hydrogens is 301 g/mol. The Balaban J connectivity index is 3.88. The van der Waals surface area contributed by atoms with Crippen molar-refractivity contribution in [3.8, 4) is 0 Å². The van der Waals surface area contributed by atoms with Gasteiger partial charge in [0.1, 0.15) is 5.60 Å². The first-order chi connectivity index (χ1) is 10.0. The van der Waals surface area contributed by atoms with Gasteiger partial charge in [0, 0.05) is 26.2 Å². The number of amides is 1. The lowest BCUT2D eigenvalue weighted by atomic mass is 10.1. The summed E-state index contributed by atoms with van der Waals surface area (Å²) >= 11 is 0. The molecule has 0 aromatic rings. The summed E-state index contributed by atoms with van der Waals surface area (Å²) in [6, 6.07) is -0.173. The van der Waals surface area contributed by atoms with Crippen LogP contribution in [0, 0.1) is 0 Å². The highest BCUT2D eigenvalue weighted by molar-refractivity contribution is 5.67. The molecule has 132 valence electrons. The number of alkyl halides is 3. The normalized spacial score (nSPS) is 13.8. The quantitative estimate of drug-likeness (QED) is 0.639. The molecule has 0 aliphatic heterocycles. The number of nitrogens with one attached hydrogen (secondary N) is 2. The predicted molar refractivity (Wildman–Crippen MR) is 77.8 cm³/mol. The summed E-state index contributed by atoms with van der Waals surface area (Å²) in [6.07, 6.45) is -4.32. The van der Waals surface area contributed by atoms with Crippen LogP contribution in [0.1, 0.15) is 40.0 Å². The Bertz CT molecular complexity index is 317.